The van der Waals surface area contributed by atoms with Gasteiger partial charge in [-0.15, -0.1) is 0 Å². The summed E-state index contributed by atoms with van der Waals surface area (Å²) in [5, 5.41) is 12.4. The number of carboxylic acid groups (broad SMARTS) is 1. The summed E-state index contributed by atoms with van der Waals surface area (Å²) in [6, 6.07) is 7.77. The Morgan fingerprint density at radius 2 is 2.00 bits per heavy atom. The minimum absolute atomic E-state index is 0.518. The molecule has 1 aromatic rings. The number of halogens is 1. The molecule has 0 amide bonds. The number of carbonyl (C=O) groups is 1. The fourth-order valence-electron chi connectivity index (χ4n) is 1.91. The summed E-state index contributed by atoms with van der Waals surface area (Å²) in [5.41, 5.74) is 0.434. The highest BCUT2D eigenvalue weighted by molar-refractivity contribution is 9.10. The molecule has 2 rings (SSSR count). The van der Waals surface area contributed by atoms with Crippen molar-refractivity contribution in [1.82, 2.24) is 0 Å². The van der Waals surface area contributed by atoms with Gasteiger partial charge in [0.1, 0.15) is 0 Å². The van der Waals surface area contributed by atoms with Crippen molar-refractivity contribution in [2.45, 2.75) is 19.3 Å². The zero-order valence-corrected chi connectivity index (χ0v) is 10.5. The highest BCUT2D eigenvalue weighted by Crippen LogP contribution is 2.41. The van der Waals surface area contributed by atoms with E-state index in [-0.39, 0.29) is 0 Å². The van der Waals surface area contributed by atoms with E-state index in [1.807, 2.05) is 24.3 Å². The van der Waals surface area contributed by atoms with E-state index >= 15 is 0 Å². The Labute approximate surface area is 103 Å². The number of rotatable bonds is 4. The summed E-state index contributed by atoms with van der Waals surface area (Å²) >= 11 is 3.36. The Bertz CT molecular complexity index is 385. The molecule has 1 aliphatic rings. The van der Waals surface area contributed by atoms with Crippen LogP contribution < -0.4 is 5.32 Å². The Balaban J connectivity index is 1.96. The summed E-state index contributed by atoms with van der Waals surface area (Å²) in [4.78, 5) is 11.1. The molecule has 0 unspecified atom stereocenters. The van der Waals surface area contributed by atoms with Crippen molar-refractivity contribution in [1.29, 1.82) is 0 Å². The lowest BCUT2D eigenvalue weighted by atomic mass is 9.69. The molecule has 2 N–H and O–H groups in total. The van der Waals surface area contributed by atoms with Gasteiger partial charge in [0.2, 0.25) is 0 Å². The summed E-state index contributed by atoms with van der Waals surface area (Å²) in [5.74, 6) is -0.677. The van der Waals surface area contributed by atoms with Gasteiger partial charge in [-0.25, -0.2) is 0 Å². The predicted molar refractivity (Wildman–Crippen MR) is 66.6 cm³/mol. The third kappa shape index (κ3) is 2.21. The number of hydrogen-bond donors (Lipinski definition) is 2. The average Bonchev–Trinajstić information content (AvgIpc) is 2.18. The summed E-state index contributed by atoms with van der Waals surface area (Å²) in [7, 11) is 0. The van der Waals surface area contributed by atoms with Crippen molar-refractivity contribution in [2.75, 3.05) is 11.9 Å². The SMILES string of the molecule is O=C(O)C1(CNc2ccc(Br)cc2)CCC1. The fourth-order valence-corrected chi connectivity index (χ4v) is 2.17. The van der Waals surface area contributed by atoms with E-state index in [9.17, 15) is 4.79 Å². The van der Waals surface area contributed by atoms with Crippen LogP contribution in [0.3, 0.4) is 0 Å². The Kier molecular flexibility index (Phi) is 3.19. The maximum Gasteiger partial charge on any atom is 0.311 e. The van der Waals surface area contributed by atoms with Crippen molar-refractivity contribution in [2.24, 2.45) is 5.41 Å². The lowest BCUT2D eigenvalue weighted by molar-refractivity contribution is -0.153. The van der Waals surface area contributed by atoms with Crippen molar-refractivity contribution < 1.29 is 9.90 Å². The van der Waals surface area contributed by atoms with Crippen LogP contribution in [0.1, 0.15) is 19.3 Å². The first-order chi connectivity index (χ1) is 7.62. The molecule has 0 atom stereocenters. The third-order valence-electron chi connectivity index (χ3n) is 3.24. The highest BCUT2D eigenvalue weighted by atomic mass is 79.9. The smallest absolute Gasteiger partial charge is 0.311 e. The summed E-state index contributed by atoms with van der Waals surface area (Å²) in [6.07, 6.45) is 2.59. The molecule has 0 aromatic heterocycles. The Hall–Kier alpha value is -1.03. The van der Waals surface area contributed by atoms with E-state index < -0.39 is 11.4 Å². The van der Waals surface area contributed by atoms with E-state index in [0.717, 1.165) is 29.4 Å². The zero-order chi connectivity index (χ0) is 11.6. The normalized spacial score (nSPS) is 17.6. The molecule has 0 aliphatic heterocycles. The van der Waals surface area contributed by atoms with Gasteiger partial charge in [0, 0.05) is 16.7 Å². The Morgan fingerprint density at radius 3 is 2.44 bits per heavy atom. The molecule has 86 valence electrons. The first-order valence-corrected chi connectivity index (χ1v) is 6.15. The van der Waals surface area contributed by atoms with Crippen molar-refractivity contribution >= 4 is 27.6 Å². The lowest BCUT2D eigenvalue weighted by Gasteiger charge is -2.37. The largest absolute Gasteiger partial charge is 0.481 e. The molecular weight excluding hydrogens is 270 g/mol. The first-order valence-electron chi connectivity index (χ1n) is 5.35. The van der Waals surface area contributed by atoms with Crippen LogP contribution in [0.4, 0.5) is 5.69 Å². The molecule has 16 heavy (non-hydrogen) atoms. The molecule has 1 saturated carbocycles. The second-order valence-electron chi connectivity index (χ2n) is 4.30. The Morgan fingerprint density at radius 1 is 1.38 bits per heavy atom. The van der Waals surface area contributed by atoms with Crippen molar-refractivity contribution in [3.8, 4) is 0 Å². The van der Waals surface area contributed by atoms with E-state index in [1.165, 1.54) is 0 Å². The number of benzene rings is 1. The van der Waals surface area contributed by atoms with Crippen LogP contribution in [0, 0.1) is 5.41 Å². The number of hydrogen-bond acceptors (Lipinski definition) is 2. The van der Waals surface area contributed by atoms with Crippen LogP contribution in [0.5, 0.6) is 0 Å². The molecule has 4 heteroatoms. The van der Waals surface area contributed by atoms with Gasteiger partial charge >= 0.3 is 5.97 Å². The molecule has 0 radical (unpaired) electrons. The number of anilines is 1. The van der Waals surface area contributed by atoms with E-state index in [1.54, 1.807) is 0 Å². The monoisotopic (exact) mass is 283 g/mol. The molecule has 3 nitrogen and oxygen atoms in total. The van der Waals surface area contributed by atoms with Gasteiger partial charge in [-0.2, -0.15) is 0 Å². The van der Waals surface area contributed by atoms with Crippen LogP contribution >= 0.6 is 15.9 Å². The summed E-state index contributed by atoms with van der Waals surface area (Å²) < 4.78 is 1.02. The standard InChI is InChI=1S/C12H14BrNO2/c13-9-2-4-10(5-3-9)14-8-12(11(15)16)6-1-7-12/h2-5,14H,1,6-8H2,(H,15,16). The van der Waals surface area contributed by atoms with Gasteiger partial charge in [-0.05, 0) is 37.1 Å². The number of aliphatic carboxylic acids is 1. The van der Waals surface area contributed by atoms with Crippen molar-refractivity contribution in [3.05, 3.63) is 28.7 Å². The molecular formula is C12H14BrNO2. The number of carboxylic acids is 1. The topological polar surface area (TPSA) is 49.3 Å². The minimum Gasteiger partial charge on any atom is -0.481 e. The molecule has 1 aliphatic carbocycles. The van der Waals surface area contributed by atoms with E-state index in [0.29, 0.717) is 6.54 Å². The molecule has 0 saturated heterocycles. The molecule has 0 heterocycles. The molecule has 0 spiro atoms. The zero-order valence-electron chi connectivity index (χ0n) is 8.87. The molecule has 0 bridgehead atoms. The fraction of sp³-hybridized carbons (Fsp3) is 0.417. The molecule has 1 aromatic carbocycles. The van der Waals surface area contributed by atoms with E-state index in [2.05, 4.69) is 21.2 Å². The van der Waals surface area contributed by atoms with Crippen LogP contribution in [0.25, 0.3) is 0 Å². The predicted octanol–water partition coefficient (Wildman–Crippen LogP) is 3.12. The van der Waals surface area contributed by atoms with Gasteiger partial charge in [0.25, 0.3) is 0 Å². The quantitative estimate of drug-likeness (QED) is 0.893. The second kappa shape index (κ2) is 4.45. The van der Waals surface area contributed by atoms with Crippen LogP contribution in [-0.4, -0.2) is 17.6 Å². The van der Waals surface area contributed by atoms with Gasteiger partial charge in [-0.1, -0.05) is 22.4 Å². The molecule has 1 fully saturated rings. The first kappa shape index (κ1) is 11.5. The van der Waals surface area contributed by atoms with Gasteiger partial charge in [-0.3, -0.25) is 4.79 Å². The van der Waals surface area contributed by atoms with Gasteiger partial charge in [0.05, 0.1) is 5.41 Å². The maximum atomic E-state index is 11.1. The lowest BCUT2D eigenvalue weighted by Crippen LogP contribution is -2.43. The maximum absolute atomic E-state index is 11.1. The number of nitrogens with one attached hydrogen (secondary N) is 1. The van der Waals surface area contributed by atoms with Gasteiger partial charge in [0.15, 0.2) is 0 Å². The third-order valence-corrected chi connectivity index (χ3v) is 3.77. The van der Waals surface area contributed by atoms with Crippen LogP contribution in [-0.2, 0) is 4.79 Å². The van der Waals surface area contributed by atoms with Gasteiger partial charge < -0.3 is 10.4 Å². The van der Waals surface area contributed by atoms with Crippen LogP contribution in [0.2, 0.25) is 0 Å². The minimum atomic E-state index is -0.677. The average molecular weight is 284 g/mol. The van der Waals surface area contributed by atoms with Crippen molar-refractivity contribution in [3.63, 3.8) is 0 Å². The van der Waals surface area contributed by atoms with Crippen LogP contribution in [0.15, 0.2) is 28.7 Å². The highest BCUT2D eigenvalue weighted by Gasteiger charge is 2.44. The van der Waals surface area contributed by atoms with E-state index in [4.69, 9.17) is 5.11 Å². The summed E-state index contributed by atoms with van der Waals surface area (Å²) in [6.45, 7) is 0.518. The second-order valence-corrected chi connectivity index (χ2v) is 5.22.